The fraction of sp³-hybridized carbons (Fsp3) is 0.968. The van der Waals surface area contributed by atoms with Crippen molar-refractivity contribution in [1.82, 2.24) is 0 Å². The van der Waals surface area contributed by atoms with Crippen LogP contribution >= 0.6 is 0 Å². The molecule has 0 aromatic carbocycles. The maximum atomic E-state index is 11.5. The standard InChI is InChI=1S/C31H54O4/c1-8-31(34,28(4,5)33)18-13-20(2)25-11-12-26-24-10-9-22-19-23(35-21(3)32)14-16-29(22,6)27(24)15-17-30(25,26)7/h20,22-27,33-34H,8-19H2,1-7H3/t20-,22+,23+,24+,25-,26+,27+,29+,30-,31+/m1/s1. The molecule has 4 heteroatoms. The van der Waals surface area contributed by atoms with E-state index in [2.05, 4.69) is 20.8 Å². The number of fused-ring (bicyclic) bond motifs is 5. The minimum Gasteiger partial charge on any atom is -0.463 e. The summed E-state index contributed by atoms with van der Waals surface area (Å²) in [5, 5.41) is 21.7. The molecule has 0 bridgehead atoms. The summed E-state index contributed by atoms with van der Waals surface area (Å²) in [6, 6.07) is 0. The van der Waals surface area contributed by atoms with E-state index in [9.17, 15) is 15.0 Å². The Morgan fingerprint density at radius 3 is 2.29 bits per heavy atom. The van der Waals surface area contributed by atoms with Gasteiger partial charge in [0.2, 0.25) is 0 Å². The molecule has 4 saturated carbocycles. The highest BCUT2D eigenvalue weighted by molar-refractivity contribution is 5.66. The molecule has 0 heterocycles. The minimum atomic E-state index is -1.07. The first-order valence-corrected chi connectivity index (χ1v) is 14.9. The van der Waals surface area contributed by atoms with E-state index in [0.29, 0.717) is 35.5 Å². The third-order valence-corrected chi connectivity index (χ3v) is 12.4. The zero-order valence-electron chi connectivity index (χ0n) is 23.7. The number of esters is 1. The Bertz CT molecular complexity index is 772. The minimum absolute atomic E-state index is 0.119. The molecule has 4 fully saturated rings. The molecule has 4 nitrogen and oxygen atoms in total. The van der Waals surface area contributed by atoms with Crippen LogP contribution in [0.2, 0.25) is 0 Å². The van der Waals surface area contributed by atoms with E-state index in [0.717, 1.165) is 42.9 Å². The van der Waals surface area contributed by atoms with Gasteiger partial charge in [0.15, 0.2) is 0 Å². The SMILES string of the molecule is CC[C@](O)(CC[C@@H](C)[C@H]1CC[C@H]2[C@@H]3CC[C@H]4C[C@@H](OC(C)=O)CC[C@]4(C)[C@H]3CC[C@]12C)C(C)(C)O. The number of carbonyl (C=O) groups excluding carboxylic acids is 1. The fourth-order valence-corrected chi connectivity index (χ4v) is 10.1. The van der Waals surface area contributed by atoms with Gasteiger partial charge in [0.25, 0.3) is 0 Å². The maximum Gasteiger partial charge on any atom is 0.302 e. The van der Waals surface area contributed by atoms with Gasteiger partial charge < -0.3 is 14.9 Å². The summed E-state index contributed by atoms with van der Waals surface area (Å²) in [5.41, 5.74) is -1.24. The summed E-state index contributed by atoms with van der Waals surface area (Å²) >= 11 is 0. The van der Waals surface area contributed by atoms with Crippen molar-refractivity contribution in [1.29, 1.82) is 0 Å². The van der Waals surface area contributed by atoms with Gasteiger partial charge >= 0.3 is 5.97 Å². The second-order valence-electron chi connectivity index (χ2n) is 14.4. The van der Waals surface area contributed by atoms with Crippen molar-refractivity contribution in [2.24, 2.45) is 46.3 Å². The number of carbonyl (C=O) groups is 1. The summed E-state index contributed by atoms with van der Waals surface area (Å²) < 4.78 is 5.65. The molecule has 0 unspecified atom stereocenters. The lowest BCUT2D eigenvalue weighted by Gasteiger charge is -2.61. The van der Waals surface area contributed by atoms with Crippen LogP contribution < -0.4 is 0 Å². The highest BCUT2D eigenvalue weighted by Gasteiger charge is 2.60. The number of hydrogen-bond acceptors (Lipinski definition) is 4. The Hall–Kier alpha value is -0.610. The first-order valence-electron chi connectivity index (χ1n) is 14.9. The Morgan fingerprint density at radius 1 is 1.00 bits per heavy atom. The summed E-state index contributed by atoms with van der Waals surface area (Å²) in [4.78, 5) is 11.5. The highest BCUT2D eigenvalue weighted by Crippen LogP contribution is 2.68. The van der Waals surface area contributed by atoms with Gasteiger partial charge in [-0.1, -0.05) is 27.7 Å². The molecular formula is C31H54O4. The predicted molar refractivity (Wildman–Crippen MR) is 141 cm³/mol. The van der Waals surface area contributed by atoms with Crippen molar-refractivity contribution in [3.63, 3.8) is 0 Å². The smallest absolute Gasteiger partial charge is 0.302 e. The van der Waals surface area contributed by atoms with Crippen LogP contribution in [-0.4, -0.2) is 33.5 Å². The molecule has 202 valence electrons. The topological polar surface area (TPSA) is 66.8 Å². The summed E-state index contributed by atoms with van der Waals surface area (Å²) in [7, 11) is 0. The highest BCUT2D eigenvalue weighted by atomic mass is 16.5. The van der Waals surface area contributed by atoms with Crippen LogP contribution in [0, 0.1) is 46.3 Å². The predicted octanol–water partition coefficient (Wildman–Crippen LogP) is 6.91. The van der Waals surface area contributed by atoms with Crippen LogP contribution in [-0.2, 0) is 9.53 Å². The Labute approximate surface area is 215 Å². The number of aliphatic hydroxyl groups is 2. The third kappa shape index (κ3) is 4.73. The molecule has 4 aliphatic carbocycles. The van der Waals surface area contributed by atoms with Crippen molar-refractivity contribution < 1.29 is 19.7 Å². The van der Waals surface area contributed by atoms with Gasteiger partial charge in [-0.3, -0.25) is 4.79 Å². The van der Waals surface area contributed by atoms with E-state index >= 15 is 0 Å². The van der Waals surface area contributed by atoms with Crippen LogP contribution in [0.4, 0.5) is 0 Å². The zero-order valence-corrected chi connectivity index (χ0v) is 23.7. The van der Waals surface area contributed by atoms with Gasteiger partial charge in [0, 0.05) is 6.92 Å². The molecule has 2 N–H and O–H groups in total. The Morgan fingerprint density at radius 2 is 1.66 bits per heavy atom. The van der Waals surface area contributed by atoms with E-state index in [1.54, 1.807) is 20.8 Å². The van der Waals surface area contributed by atoms with Gasteiger partial charge in [-0.15, -0.1) is 0 Å². The quantitative estimate of drug-likeness (QED) is 0.381. The van der Waals surface area contributed by atoms with Crippen molar-refractivity contribution in [2.45, 2.75) is 143 Å². The molecule has 0 spiro atoms. The first-order chi connectivity index (χ1) is 16.2. The molecule has 4 rings (SSSR count). The first kappa shape index (κ1) is 27.4. The van der Waals surface area contributed by atoms with Gasteiger partial charge in [-0.05, 0) is 137 Å². The largest absolute Gasteiger partial charge is 0.463 e. The van der Waals surface area contributed by atoms with Crippen LogP contribution in [0.15, 0.2) is 0 Å². The third-order valence-electron chi connectivity index (χ3n) is 12.4. The number of ether oxygens (including phenoxy) is 1. The lowest BCUT2D eigenvalue weighted by molar-refractivity contribution is -0.161. The van der Waals surface area contributed by atoms with E-state index in [1.165, 1.54) is 44.9 Å². The van der Waals surface area contributed by atoms with E-state index in [-0.39, 0.29) is 12.1 Å². The molecule has 0 radical (unpaired) electrons. The Kier molecular flexibility index (Phi) is 7.53. The second-order valence-corrected chi connectivity index (χ2v) is 14.4. The van der Waals surface area contributed by atoms with Crippen LogP contribution in [0.1, 0.15) is 126 Å². The van der Waals surface area contributed by atoms with Crippen molar-refractivity contribution in [3.05, 3.63) is 0 Å². The number of rotatable bonds is 7. The molecular weight excluding hydrogens is 436 g/mol. The van der Waals surface area contributed by atoms with Crippen molar-refractivity contribution >= 4 is 5.97 Å². The summed E-state index contributed by atoms with van der Waals surface area (Å²) in [6.45, 7) is 14.7. The van der Waals surface area contributed by atoms with Crippen LogP contribution in [0.25, 0.3) is 0 Å². The van der Waals surface area contributed by atoms with Gasteiger partial charge in [-0.2, -0.15) is 0 Å². The molecule has 4 aliphatic rings. The Balaban J connectivity index is 1.44. The summed E-state index contributed by atoms with van der Waals surface area (Å²) in [5.74, 6) is 4.39. The van der Waals surface area contributed by atoms with Gasteiger partial charge in [-0.25, -0.2) is 0 Å². The molecule has 0 aromatic rings. The molecule has 0 aromatic heterocycles. The summed E-state index contributed by atoms with van der Waals surface area (Å²) in [6.07, 6.45) is 13.8. The van der Waals surface area contributed by atoms with Gasteiger partial charge in [0.1, 0.15) is 6.10 Å². The monoisotopic (exact) mass is 490 g/mol. The fourth-order valence-electron chi connectivity index (χ4n) is 10.1. The molecule has 0 amide bonds. The van der Waals surface area contributed by atoms with Crippen molar-refractivity contribution in [2.75, 3.05) is 0 Å². The van der Waals surface area contributed by atoms with E-state index in [4.69, 9.17) is 4.74 Å². The maximum absolute atomic E-state index is 11.5. The van der Waals surface area contributed by atoms with Crippen LogP contribution in [0.3, 0.4) is 0 Å². The molecule has 0 saturated heterocycles. The lowest BCUT2D eigenvalue weighted by atomic mass is 9.44. The van der Waals surface area contributed by atoms with Crippen molar-refractivity contribution in [3.8, 4) is 0 Å². The zero-order chi connectivity index (χ0) is 25.8. The molecule has 0 aliphatic heterocycles. The van der Waals surface area contributed by atoms with E-state index in [1.807, 2.05) is 6.92 Å². The van der Waals surface area contributed by atoms with Crippen LogP contribution in [0.5, 0.6) is 0 Å². The van der Waals surface area contributed by atoms with Gasteiger partial charge in [0.05, 0.1) is 11.2 Å². The average molecular weight is 491 g/mol. The number of hydrogen-bond donors (Lipinski definition) is 2. The average Bonchev–Trinajstić information content (AvgIpc) is 3.13. The lowest BCUT2D eigenvalue weighted by Crippen LogP contribution is -2.54. The normalized spacial score (nSPS) is 43.9. The second kappa shape index (κ2) is 9.61. The van der Waals surface area contributed by atoms with E-state index < -0.39 is 11.2 Å². The molecule has 10 atom stereocenters. The molecule has 35 heavy (non-hydrogen) atoms.